The van der Waals surface area contributed by atoms with Crippen LogP contribution in [0.1, 0.15) is 30.9 Å². The van der Waals surface area contributed by atoms with Gasteiger partial charge >= 0.3 is 0 Å². The Hall–Kier alpha value is -1.50. The van der Waals surface area contributed by atoms with Crippen LogP contribution in [0.2, 0.25) is 0 Å². The Kier molecular flexibility index (Phi) is 6.28. The molecule has 18 heavy (non-hydrogen) atoms. The Morgan fingerprint density at radius 3 is 2.56 bits per heavy atom. The van der Waals surface area contributed by atoms with Crippen LogP contribution in [-0.2, 0) is 6.42 Å². The summed E-state index contributed by atoms with van der Waals surface area (Å²) in [4.78, 5) is 0. The molecule has 0 aromatic heterocycles. The summed E-state index contributed by atoms with van der Waals surface area (Å²) < 4.78 is 0. The van der Waals surface area contributed by atoms with Crippen molar-refractivity contribution in [3.63, 3.8) is 0 Å². The zero-order chi connectivity index (χ0) is 13.4. The summed E-state index contributed by atoms with van der Waals surface area (Å²) >= 11 is 0. The molecular weight excluding hydrogens is 215 g/mol. The number of hydrogen-bond donors (Lipinski definition) is 0. The monoisotopic (exact) mass is 238 g/mol. The number of rotatable bonds is 6. The van der Waals surface area contributed by atoms with Gasteiger partial charge < -0.3 is 0 Å². The zero-order valence-corrected chi connectivity index (χ0v) is 11.9. The normalized spacial score (nSPS) is 12.0. The van der Waals surface area contributed by atoms with Gasteiger partial charge in [-0.05, 0) is 38.7 Å². The first-order valence-corrected chi connectivity index (χ1v) is 6.66. The van der Waals surface area contributed by atoms with E-state index in [0.717, 1.165) is 12.8 Å². The van der Waals surface area contributed by atoms with E-state index in [0.29, 0.717) is 0 Å². The van der Waals surface area contributed by atoms with Crippen molar-refractivity contribution < 1.29 is 0 Å². The summed E-state index contributed by atoms with van der Waals surface area (Å²) in [6.07, 6.45) is 9.73. The van der Waals surface area contributed by atoms with Crippen LogP contribution in [-0.4, -0.2) is 7.85 Å². The lowest BCUT2D eigenvalue weighted by atomic mass is 9.92. The second kappa shape index (κ2) is 7.76. The Morgan fingerprint density at radius 1 is 1.28 bits per heavy atom. The summed E-state index contributed by atoms with van der Waals surface area (Å²) in [5.74, 6) is 0. The molecule has 0 saturated carbocycles. The molecule has 1 aromatic carbocycles. The summed E-state index contributed by atoms with van der Waals surface area (Å²) in [5, 5.41) is 0. The summed E-state index contributed by atoms with van der Waals surface area (Å²) in [6.45, 7) is 8.28. The van der Waals surface area contributed by atoms with Crippen molar-refractivity contribution in [2.24, 2.45) is 0 Å². The Bertz CT molecular complexity index is 435. The molecule has 1 heteroatoms. The molecule has 1 rings (SSSR count). The lowest BCUT2D eigenvalue weighted by Crippen LogP contribution is -1.88. The molecule has 0 aliphatic rings. The van der Waals surface area contributed by atoms with Crippen molar-refractivity contribution in [2.45, 2.75) is 33.1 Å². The van der Waals surface area contributed by atoms with Gasteiger partial charge in [-0.25, -0.2) is 0 Å². The standard InChI is InChI=1S/C17H23B/c1-4-6-17(18)13-15(3)7-5-8-16-11-9-14(2)10-12-16/h4,6,9-13H,3,5,7-8,18H2,1-2H3/b6-4-,17-13+. The van der Waals surface area contributed by atoms with Gasteiger partial charge in [-0.2, -0.15) is 0 Å². The minimum atomic E-state index is 1.07. The molecule has 0 fully saturated rings. The van der Waals surface area contributed by atoms with Gasteiger partial charge in [0.1, 0.15) is 7.85 Å². The van der Waals surface area contributed by atoms with Crippen molar-refractivity contribution >= 4 is 7.85 Å². The number of aryl methyl sites for hydroxylation is 2. The average Bonchev–Trinajstić information content (AvgIpc) is 2.32. The molecule has 1 aromatic rings. The van der Waals surface area contributed by atoms with Crippen LogP contribution >= 0.6 is 0 Å². The zero-order valence-electron chi connectivity index (χ0n) is 11.9. The third kappa shape index (κ3) is 5.72. The third-order valence-corrected chi connectivity index (χ3v) is 2.95. The van der Waals surface area contributed by atoms with E-state index < -0.39 is 0 Å². The maximum absolute atomic E-state index is 4.11. The minimum Gasteiger partial charge on any atom is -0.0959 e. The minimum absolute atomic E-state index is 1.07. The summed E-state index contributed by atoms with van der Waals surface area (Å²) in [6, 6.07) is 8.80. The molecule has 94 valence electrons. The van der Waals surface area contributed by atoms with Crippen LogP contribution in [0.4, 0.5) is 0 Å². The molecule has 0 nitrogen and oxygen atoms in total. The van der Waals surface area contributed by atoms with Crippen molar-refractivity contribution in [3.8, 4) is 0 Å². The van der Waals surface area contributed by atoms with E-state index in [2.05, 4.69) is 63.8 Å². The predicted octanol–water partition coefficient (Wildman–Crippen LogP) is 3.97. The van der Waals surface area contributed by atoms with Crippen molar-refractivity contribution in [1.29, 1.82) is 0 Å². The second-order valence-corrected chi connectivity index (χ2v) is 4.89. The number of benzene rings is 1. The van der Waals surface area contributed by atoms with E-state index in [1.54, 1.807) is 0 Å². The topological polar surface area (TPSA) is 0 Å². The van der Waals surface area contributed by atoms with Crippen LogP contribution in [0.3, 0.4) is 0 Å². The summed E-state index contributed by atoms with van der Waals surface area (Å²) in [7, 11) is 2.12. The molecule has 0 aliphatic carbocycles. The van der Waals surface area contributed by atoms with Gasteiger partial charge in [-0.1, -0.05) is 65.7 Å². The fourth-order valence-corrected chi connectivity index (χ4v) is 1.98. The lowest BCUT2D eigenvalue weighted by Gasteiger charge is -2.03. The van der Waals surface area contributed by atoms with Crippen molar-refractivity contribution in [3.05, 3.63) is 71.2 Å². The van der Waals surface area contributed by atoms with Gasteiger partial charge in [0.25, 0.3) is 0 Å². The van der Waals surface area contributed by atoms with E-state index in [1.165, 1.54) is 28.6 Å². The molecule has 0 aliphatic heterocycles. The molecule has 0 atom stereocenters. The maximum atomic E-state index is 4.11. The Morgan fingerprint density at radius 2 is 1.94 bits per heavy atom. The Labute approximate surface area is 113 Å². The Balaban J connectivity index is 2.36. The molecule has 0 spiro atoms. The fourth-order valence-electron chi connectivity index (χ4n) is 1.98. The number of hydrogen-bond acceptors (Lipinski definition) is 0. The molecule has 0 radical (unpaired) electrons. The fraction of sp³-hybridized carbons (Fsp3) is 0.294. The molecule has 0 bridgehead atoms. The largest absolute Gasteiger partial charge is 0.139 e. The SMILES string of the molecule is BC(/C=C\C)=C/C(=C)CCCc1ccc(C)cc1. The third-order valence-electron chi connectivity index (χ3n) is 2.95. The highest BCUT2D eigenvalue weighted by molar-refractivity contribution is 6.23. The first-order chi connectivity index (χ1) is 8.61. The van der Waals surface area contributed by atoms with Gasteiger partial charge in [0.2, 0.25) is 0 Å². The van der Waals surface area contributed by atoms with E-state index in [-0.39, 0.29) is 0 Å². The van der Waals surface area contributed by atoms with E-state index in [4.69, 9.17) is 0 Å². The van der Waals surface area contributed by atoms with Gasteiger partial charge in [0.05, 0.1) is 0 Å². The molecule has 0 amide bonds. The van der Waals surface area contributed by atoms with E-state index >= 15 is 0 Å². The first-order valence-electron chi connectivity index (χ1n) is 6.66. The van der Waals surface area contributed by atoms with Crippen LogP contribution < -0.4 is 0 Å². The highest BCUT2D eigenvalue weighted by Crippen LogP contribution is 2.12. The van der Waals surface area contributed by atoms with Gasteiger partial charge in [-0.15, -0.1) is 0 Å². The van der Waals surface area contributed by atoms with E-state index in [1.807, 2.05) is 6.92 Å². The van der Waals surface area contributed by atoms with Crippen LogP contribution in [0.5, 0.6) is 0 Å². The van der Waals surface area contributed by atoms with Crippen molar-refractivity contribution in [2.75, 3.05) is 0 Å². The van der Waals surface area contributed by atoms with Gasteiger partial charge in [0, 0.05) is 0 Å². The molecule has 0 saturated heterocycles. The van der Waals surface area contributed by atoms with Gasteiger partial charge in [-0.3, -0.25) is 0 Å². The smallest absolute Gasteiger partial charge is 0.0959 e. The van der Waals surface area contributed by atoms with E-state index in [9.17, 15) is 0 Å². The molecule has 0 heterocycles. The number of allylic oxidation sites excluding steroid dienone is 5. The van der Waals surface area contributed by atoms with Gasteiger partial charge in [0.15, 0.2) is 0 Å². The predicted molar refractivity (Wildman–Crippen MR) is 84.7 cm³/mol. The molecule has 0 N–H and O–H groups in total. The first kappa shape index (κ1) is 14.6. The summed E-state index contributed by atoms with van der Waals surface area (Å²) in [5.41, 5.74) is 5.24. The highest BCUT2D eigenvalue weighted by Gasteiger charge is 1.95. The quantitative estimate of drug-likeness (QED) is 0.519. The second-order valence-electron chi connectivity index (χ2n) is 4.89. The van der Waals surface area contributed by atoms with Crippen LogP contribution in [0.15, 0.2) is 60.1 Å². The average molecular weight is 238 g/mol. The maximum Gasteiger partial charge on any atom is 0.139 e. The highest BCUT2D eigenvalue weighted by atomic mass is 14.0. The van der Waals surface area contributed by atoms with Crippen LogP contribution in [0, 0.1) is 6.92 Å². The van der Waals surface area contributed by atoms with Crippen molar-refractivity contribution in [1.82, 2.24) is 0 Å². The lowest BCUT2D eigenvalue weighted by molar-refractivity contribution is 0.825. The molecular formula is C17H23B. The van der Waals surface area contributed by atoms with Crippen LogP contribution in [0.25, 0.3) is 0 Å². The molecule has 0 unspecified atom stereocenters.